The summed E-state index contributed by atoms with van der Waals surface area (Å²) in [6.07, 6.45) is 1.62. The summed E-state index contributed by atoms with van der Waals surface area (Å²) in [5, 5.41) is 7.41. The van der Waals surface area contributed by atoms with E-state index in [-0.39, 0.29) is 24.0 Å². The molecular formula is C21H32IN5O4. The van der Waals surface area contributed by atoms with E-state index in [1.807, 2.05) is 18.2 Å². The Hall–Kier alpha value is -2.21. The molecule has 1 fully saturated rings. The SMILES string of the molecule is CCNC(=NCc1ccc(OC)c(OC)c1OC)N1CCN(Cc2ccon2)CC1.I. The standard InChI is InChI=1S/C21H31N5O4.HI/c1-5-22-21(26-11-9-25(10-12-26)15-17-8-13-30-24-17)23-14-16-6-7-18(27-2)20(29-4)19(16)28-3;/h6-8,13H,5,9-12,14-15H2,1-4H3,(H,22,23);1H. The molecule has 0 aliphatic carbocycles. The Labute approximate surface area is 200 Å². The van der Waals surface area contributed by atoms with Crippen LogP contribution in [-0.4, -0.2) is 75.0 Å². The van der Waals surface area contributed by atoms with E-state index in [0.717, 1.165) is 56.5 Å². The van der Waals surface area contributed by atoms with E-state index < -0.39 is 0 Å². The second-order valence-electron chi connectivity index (χ2n) is 6.92. The van der Waals surface area contributed by atoms with Gasteiger partial charge in [0.2, 0.25) is 5.75 Å². The van der Waals surface area contributed by atoms with Crippen LogP contribution >= 0.6 is 24.0 Å². The molecule has 0 radical (unpaired) electrons. The van der Waals surface area contributed by atoms with Crippen molar-refractivity contribution < 1.29 is 18.7 Å². The molecular weight excluding hydrogens is 513 g/mol. The van der Waals surface area contributed by atoms with Gasteiger partial charge in [-0.15, -0.1) is 24.0 Å². The van der Waals surface area contributed by atoms with Gasteiger partial charge in [-0.2, -0.15) is 0 Å². The van der Waals surface area contributed by atoms with Crippen LogP contribution in [0.2, 0.25) is 0 Å². The summed E-state index contributed by atoms with van der Waals surface area (Å²) >= 11 is 0. The van der Waals surface area contributed by atoms with Gasteiger partial charge in [0.25, 0.3) is 0 Å². The van der Waals surface area contributed by atoms with E-state index in [9.17, 15) is 0 Å². The Morgan fingerprint density at radius 2 is 1.81 bits per heavy atom. The number of methoxy groups -OCH3 is 3. The lowest BCUT2D eigenvalue weighted by molar-refractivity contribution is 0.169. The van der Waals surface area contributed by atoms with Crippen LogP contribution in [0.25, 0.3) is 0 Å². The van der Waals surface area contributed by atoms with Crippen molar-refractivity contribution >= 4 is 29.9 Å². The fraction of sp³-hybridized carbons (Fsp3) is 0.524. The topological polar surface area (TPSA) is 84.6 Å². The molecule has 3 rings (SSSR count). The molecule has 1 aromatic heterocycles. The fourth-order valence-corrected chi connectivity index (χ4v) is 3.54. The quantitative estimate of drug-likeness (QED) is 0.308. The summed E-state index contributed by atoms with van der Waals surface area (Å²) in [5.74, 6) is 2.76. The van der Waals surface area contributed by atoms with E-state index in [2.05, 4.69) is 27.2 Å². The van der Waals surface area contributed by atoms with Crippen LogP contribution < -0.4 is 19.5 Å². The van der Waals surface area contributed by atoms with Crippen LogP contribution in [-0.2, 0) is 13.1 Å². The van der Waals surface area contributed by atoms with Gasteiger partial charge in [0.05, 0.1) is 33.6 Å². The Morgan fingerprint density at radius 3 is 2.39 bits per heavy atom. The van der Waals surface area contributed by atoms with Crippen LogP contribution in [0, 0.1) is 0 Å². The molecule has 1 aliphatic heterocycles. The number of aliphatic imine (C=N–C) groups is 1. The lowest BCUT2D eigenvalue weighted by Crippen LogP contribution is -2.52. The molecule has 10 heteroatoms. The molecule has 0 amide bonds. The molecule has 2 heterocycles. The van der Waals surface area contributed by atoms with Gasteiger partial charge in [-0.25, -0.2) is 4.99 Å². The monoisotopic (exact) mass is 545 g/mol. The Balaban J connectivity index is 0.00000341. The Bertz CT molecular complexity index is 823. The molecule has 1 aromatic carbocycles. The molecule has 0 atom stereocenters. The van der Waals surface area contributed by atoms with Crippen LogP contribution in [0.15, 0.2) is 34.0 Å². The van der Waals surface area contributed by atoms with Crippen molar-refractivity contribution in [2.45, 2.75) is 20.0 Å². The molecule has 2 aromatic rings. The molecule has 9 nitrogen and oxygen atoms in total. The third kappa shape index (κ3) is 6.39. The van der Waals surface area contributed by atoms with Crippen LogP contribution in [0.4, 0.5) is 0 Å². The third-order valence-electron chi connectivity index (χ3n) is 5.07. The number of halogens is 1. The van der Waals surface area contributed by atoms with Crippen molar-refractivity contribution in [3.63, 3.8) is 0 Å². The molecule has 0 spiro atoms. The highest BCUT2D eigenvalue weighted by molar-refractivity contribution is 14.0. The van der Waals surface area contributed by atoms with Crippen molar-refractivity contribution in [2.24, 2.45) is 4.99 Å². The fourth-order valence-electron chi connectivity index (χ4n) is 3.54. The van der Waals surface area contributed by atoms with Crippen molar-refractivity contribution in [2.75, 3.05) is 54.1 Å². The van der Waals surface area contributed by atoms with Gasteiger partial charge in [0, 0.05) is 50.9 Å². The second kappa shape index (κ2) is 12.6. The molecule has 1 N–H and O–H groups in total. The highest BCUT2D eigenvalue weighted by atomic mass is 127. The van der Waals surface area contributed by atoms with E-state index >= 15 is 0 Å². The van der Waals surface area contributed by atoms with Crippen LogP contribution in [0.3, 0.4) is 0 Å². The highest BCUT2D eigenvalue weighted by Gasteiger charge is 2.21. The number of rotatable bonds is 8. The predicted octanol–water partition coefficient (Wildman–Crippen LogP) is 2.60. The van der Waals surface area contributed by atoms with E-state index in [0.29, 0.717) is 23.8 Å². The first-order chi connectivity index (χ1) is 14.7. The zero-order chi connectivity index (χ0) is 21.3. The number of hydrogen-bond acceptors (Lipinski definition) is 7. The summed E-state index contributed by atoms with van der Waals surface area (Å²) in [6, 6.07) is 5.75. The van der Waals surface area contributed by atoms with Crippen molar-refractivity contribution in [3.05, 3.63) is 35.7 Å². The number of nitrogens with one attached hydrogen (secondary N) is 1. The summed E-state index contributed by atoms with van der Waals surface area (Å²) in [4.78, 5) is 9.51. The first kappa shape index (κ1) is 25.1. The maximum Gasteiger partial charge on any atom is 0.203 e. The Morgan fingerprint density at radius 1 is 1.06 bits per heavy atom. The smallest absolute Gasteiger partial charge is 0.203 e. The lowest BCUT2D eigenvalue weighted by Gasteiger charge is -2.36. The van der Waals surface area contributed by atoms with Gasteiger partial charge in [0.15, 0.2) is 17.5 Å². The van der Waals surface area contributed by atoms with Gasteiger partial charge in [-0.3, -0.25) is 4.90 Å². The average Bonchev–Trinajstić information content (AvgIpc) is 3.29. The molecule has 0 saturated carbocycles. The highest BCUT2D eigenvalue weighted by Crippen LogP contribution is 2.40. The molecule has 1 saturated heterocycles. The maximum absolute atomic E-state index is 5.58. The average molecular weight is 545 g/mol. The first-order valence-corrected chi connectivity index (χ1v) is 10.1. The van der Waals surface area contributed by atoms with Gasteiger partial charge < -0.3 is 29.0 Å². The number of benzene rings is 1. The number of hydrogen-bond donors (Lipinski definition) is 1. The predicted molar refractivity (Wildman–Crippen MR) is 130 cm³/mol. The van der Waals surface area contributed by atoms with Crippen molar-refractivity contribution in [1.29, 1.82) is 0 Å². The molecule has 1 aliphatic rings. The maximum atomic E-state index is 5.58. The second-order valence-corrected chi connectivity index (χ2v) is 6.92. The minimum atomic E-state index is 0. The molecule has 31 heavy (non-hydrogen) atoms. The normalized spacial score (nSPS) is 14.7. The van der Waals surface area contributed by atoms with Crippen molar-refractivity contribution in [1.82, 2.24) is 20.3 Å². The zero-order valence-corrected chi connectivity index (χ0v) is 20.9. The number of guanidine groups is 1. The molecule has 172 valence electrons. The van der Waals surface area contributed by atoms with Gasteiger partial charge >= 0.3 is 0 Å². The van der Waals surface area contributed by atoms with Gasteiger partial charge in [0.1, 0.15) is 6.26 Å². The van der Waals surface area contributed by atoms with Crippen LogP contribution in [0.5, 0.6) is 17.2 Å². The first-order valence-electron chi connectivity index (χ1n) is 10.1. The minimum Gasteiger partial charge on any atom is -0.493 e. The number of aromatic nitrogens is 1. The van der Waals surface area contributed by atoms with E-state index in [4.69, 9.17) is 23.7 Å². The van der Waals surface area contributed by atoms with Crippen molar-refractivity contribution in [3.8, 4) is 17.2 Å². The third-order valence-corrected chi connectivity index (χ3v) is 5.07. The number of nitrogens with zero attached hydrogens (tertiary/aromatic N) is 4. The summed E-state index contributed by atoms with van der Waals surface area (Å²) in [6.45, 7) is 7.84. The van der Waals surface area contributed by atoms with Gasteiger partial charge in [-0.05, 0) is 19.1 Å². The Kier molecular flexibility index (Phi) is 10.2. The van der Waals surface area contributed by atoms with E-state index in [1.54, 1.807) is 27.6 Å². The number of piperazine rings is 1. The van der Waals surface area contributed by atoms with E-state index in [1.165, 1.54) is 0 Å². The zero-order valence-electron chi connectivity index (χ0n) is 18.6. The van der Waals surface area contributed by atoms with Crippen LogP contribution in [0.1, 0.15) is 18.2 Å². The minimum absolute atomic E-state index is 0. The van der Waals surface area contributed by atoms with Gasteiger partial charge in [-0.1, -0.05) is 5.16 Å². The summed E-state index contributed by atoms with van der Waals surface area (Å²) in [7, 11) is 4.85. The summed E-state index contributed by atoms with van der Waals surface area (Å²) < 4.78 is 21.4. The lowest BCUT2D eigenvalue weighted by atomic mass is 10.1. The molecule has 0 bridgehead atoms. The number of ether oxygens (including phenoxy) is 3. The molecule has 0 unspecified atom stereocenters. The largest absolute Gasteiger partial charge is 0.493 e. The summed E-state index contributed by atoms with van der Waals surface area (Å²) in [5.41, 5.74) is 1.90.